The molecule has 1 heterocycles. The minimum Gasteiger partial charge on any atom is -0.492 e. The highest BCUT2D eigenvalue weighted by molar-refractivity contribution is 6.30. The fourth-order valence-corrected chi connectivity index (χ4v) is 5.85. The van der Waals surface area contributed by atoms with E-state index in [0.29, 0.717) is 59.6 Å². The predicted octanol–water partition coefficient (Wildman–Crippen LogP) is 6.52. The van der Waals surface area contributed by atoms with Gasteiger partial charge in [-0.25, -0.2) is 0 Å². The number of methoxy groups -OCH3 is 1. The van der Waals surface area contributed by atoms with Crippen LogP contribution in [-0.2, 0) is 20.7 Å². The van der Waals surface area contributed by atoms with Gasteiger partial charge < -0.3 is 35.5 Å². The topological polar surface area (TPSA) is 115 Å². The number of nitrogens with one attached hydrogen (secondary N) is 2. The van der Waals surface area contributed by atoms with E-state index in [1.54, 1.807) is 18.1 Å². The van der Waals surface area contributed by atoms with Gasteiger partial charge in [0.15, 0.2) is 11.5 Å². The van der Waals surface area contributed by atoms with E-state index in [4.69, 9.17) is 31.5 Å². The molecule has 0 fully saturated rings. The van der Waals surface area contributed by atoms with Crippen LogP contribution in [0.2, 0.25) is 5.02 Å². The smallest absolute Gasteiger partial charge is 0.256 e. The van der Waals surface area contributed by atoms with Crippen molar-refractivity contribution in [3.05, 3.63) is 88.4 Å². The summed E-state index contributed by atoms with van der Waals surface area (Å²) in [6, 6.07) is 21.6. The molecule has 3 aromatic carbocycles. The highest BCUT2D eigenvalue weighted by atomic mass is 35.5. The maximum absolute atomic E-state index is 14.1. The second-order valence-electron chi connectivity index (χ2n) is 13.0. The third-order valence-electron chi connectivity index (χ3n) is 7.79. The quantitative estimate of drug-likeness (QED) is 0.144. The maximum Gasteiger partial charge on any atom is 0.256 e. The van der Waals surface area contributed by atoms with Crippen molar-refractivity contribution >= 4 is 53.9 Å². The van der Waals surface area contributed by atoms with E-state index in [0.717, 1.165) is 32.4 Å². The molecule has 2 amide bonds. The fourth-order valence-electron chi connectivity index (χ4n) is 5.67. The number of rotatable bonds is 16. The van der Waals surface area contributed by atoms with Crippen LogP contribution in [0, 0.1) is 5.41 Å². The van der Waals surface area contributed by atoms with E-state index in [1.807, 2.05) is 36.4 Å². The van der Waals surface area contributed by atoms with Crippen LogP contribution in [0.25, 0.3) is 0 Å². The molecular weight excluding hydrogens is 687 g/mol. The maximum atomic E-state index is 14.1. The minimum atomic E-state index is -1.06. The standard InChI is InChI=1S/C37H49ClN4O5.2ClH/c1-37(2,3)25-42-30-17-16-27(38)23-29(30)34(47-32(36(42)44)24-33(43)41-21-18-39)28-14-8-15-31(35(28)45-4)46-22-10-20-40-19-9-13-26-11-6-5-7-12-26;;/h5-8,11-12,14-17,23,32,34,40H,9-10,13,18-22,24-25,39H2,1-4H3,(H,41,43);2*1H. The summed E-state index contributed by atoms with van der Waals surface area (Å²) < 4.78 is 18.8. The molecule has 0 aromatic heterocycles. The molecule has 4 rings (SSSR count). The highest BCUT2D eigenvalue weighted by Gasteiger charge is 2.40. The molecule has 2 atom stereocenters. The van der Waals surface area contributed by atoms with Gasteiger partial charge in [-0.05, 0) is 67.6 Å². The molecular formula is C37H51Cl3N4O5. The lowest BCUT2D eigenvalue weighted by Gasteiger charge is -2.31. The SMILES string of the molecule is COc1c(OCCCNCCCc2ccccc2)cccc1C1OC(CC(=O)NCCN)C(=O)N(CC(C)(C)C)c2ccc(Cl)cc21.Cl.Cl. The van der Waals surface area contributed by atoms with Crippen LogP contribution in [0.15, 0.2) is 66.7 Å². The van der Waals surface area contributed by atoms with Gasteiger partial charge in [-0.3, -0.25) is 9.59 Å². The van der Waals surface area contributed by atoms with Crippen LogP contribution in [0.1, 0.15) is 62.8 Å². The summed E-state index contributed by atoms with van der Waals surface area (Å²) in [5.41, 5.74) is 8.76. The second kappa shape index (κ2) is 20.6. The molecule has 4 N–H and O–H groups in total. The Bertz CT molecular complexity index is 1470. The summed E-state index contributed by atoms with van der Waals surface area (Å²) in [5, 5.41) is 6.76. The van der Waals surface area contributed by atoms with Crippen LogP contribution in [-0.4, -0.2) is 64.4 Å². The van der Waals surface area contributed by atoms with Crippen molar-refractivity contribution < 1.29 is 23.8 Å². The molecule has 0 radical (unpaired) electrons. The zero-order chi connectivity index (χ0) is 33.8. The number of amides is 2. The van der Waals surface area contributed by atoms with Gasteiger partial charge in [-0.15, -0.1) is 24.8 Å². The van der Waals surface area contributed by atoms with Gasteiger partial charge in [-0.1, -0.05) is 74.8 Å². The number of fused-ring (bicyclic) bond motifs is 1. The summed E-state index contributed by atoms with van der Waals surface area (Å²) in [7, 11) is 1.59. The van der Waals surface area contributed by atoms with Crippen LogP contribution in [0.5, 0.6) is 11.5 Å². The zero-order valence-corrected chi connectivity index (χ0v) is 31.2. The van der Waals surface area contributed by atoms with E-state index in [9.17, 15) is 9.59 Å². The number of hydrogen-bond acceptors (Lipinski definition) is 7. The van der Waals surface area contributed by atoms with E-state index in [-0.39, 0.29) is 48.5 Å². The van der Waals surface area contributed by atoms with Crippen LogP contribution in [0.4, 0.5) is 5.69 Å². The summed E-state index contributed by atoms with van der Waals surface area (Å²) in [5.74, 6) is 0.462. The number of aryl methyl sites for hydroxylation is 1. The first-order valence-electron chi connectivity index (χ1n) is 16.4. The number of halogens is 3. The molecule has 0 saturated carbocycles. The van der Waals surface area contributed by atoms with E-state index >= 15 is 0 Å². The fraction of sp³-hybridized carbons (Fsp3) is 0.459. The molecule has 3 aromatic rings. The van der Waals surface area contributed by atoms with Crippen molar-refractivity contribution in [1.29, 1.82) is 0 Å². The summed E-state index contributed by atoms with van der Waals surface area (Å²) >= 11 is 6.55. The van der Waals surface area contributed by atoms with Crippen molar-refractivity contribution in [1.82, 2.24) is 10.6 Å². The molecule has 270 valence electrons. The Kier molecular flexibility index (Phi) is 17.7. The third-order valence-corrected chi connectivity index (χ3v) is 8.02. The van der Waals surface area contributed by atoms with Gasteiger partial charge in [0.1, 0.15) is 12.2 Å². The summed E-state index contributed by atoms with van der Waals surface area (Å²) in [6.07, 6.45) is 0.939. The average Bonchev–Trinajstić information content (AvgIpc) is 3.15. The Balaban J connectivity index is 0.00000417. The monoisotopic (exact) mass is 736 g/mol. The van der Waals surface area contributed by atoms with Crippen molar-refractivity contribution in [2.75, 3.05) is 51.3 Å². The molecule has 2 unspecified atom stereocenters. The Labute approximate surface area is 308 Å². The van der Waals surface area contributed by atoms with Gasteiger partial charge in [0.25, 0.3) is 5.91 Å². The van der Waals surface area contributed by atoms with E-state index < -0.39 is 12.2 Å². The lowest BCUT2D eigenvalue weighted by Crippen LogP contribution is -2.45. The summed E-state index contributed by atoms with van der Waals surface area (Å²) in [4.78, 5) is 28.7. The predicted molar refractivity (Wildman–Crippen MR) is 202 cm³/mol. The Hall–Kier alpha value is -3.05. The zero-order valence-electron chi connectivity index (χ0n) is 28.8. The van der Waals surface area contributed by atoms with Gasteiger partial charge in [-0.2, -0.15) is 0 Å². The third kappa shape index (κ3) is 12.3. The molecule has 0 saturated heterocycles. The Morgan fingerprint density at radius 2 is 1.71 bits per heavy atom. The van der Waals surface area contributed by atoms with Crippen LogP contribution < -0.4 is 30.7 Å². The molecule has 0 aliphatic carbocycles. The number of anilines is 1. The highest BCUT2D eigenvalue weighted by Crippen LogP contribution is 2.45. The van der Waals surface area contributed by atoms with Gasteiger partial charge in [0.2, 0.25) is 5.91 Å². The lowest BCUT2D eigenvalue weighted by molar-refractivity contribution is -0.138. The average molecular weight is 738 g/mol. The number of carbonyl (C=O) groups is 2. The molecule has 0 spiro atoms. The van der Waals surface area contributed by atoms with Crippen molar-refractivity contribution in [3.63, 3.8) is 0 Å². The first-order chi connectivity index (χ1) is 22.6. The number of nitrogens with two attached hydrogens (primary N) is 1. The van der Waals surface area contributed by atoms with E-state index in [2.05, 4.69) is 55.7 Å². The Morgan fingerprint density at radius 1 is 0.980 bits per heavy atom. The number of para-hydroxylation sites is 1. The molecule has 12 heteroatoms. The van der Waals surface area contributed by atoms with Gasteiger partial charge in [0.05, 0.1) is 20.1 Å². The number of nitrogens with zero attached hydrogens (tertiary/aromatic N) is 1. The number of hydrogen-bond donors (Lipinski definition) is 3. The van der Waals surface area contributed by atoms with Crippen LogP contribution in [0.3, 0.4) is 0 Å². The van der Waals surface area contributed by atoms with Gasteiger partial charge >= 0.3 is 0 Å². The Morgan fingerprint density at radius 3 is 2.41 bits per heavy atom. The minimum absolute atomic E-state index is 0. The molecule has 9 nitrogen and oxygen atoms in total. The number of carbonyl (C=O) groups excluding carboxylic acids is 2. The van der Waals surface area contributed by atoms with Gasteiger partial charge in [0, 0.05) is 41.5 Å². The van der Waals surface area contributed by atoms with Crippen molar-refractivity contribution in [2.45, 2.75) is 58.7 Å². The first kappa shape index (κ1) is 42.1. The van der Waals surface area contributed by atoms with Crippen LogP contribution >= 0.6 is 36.4 Å². The molecule has 49 heavy (non-hydrogen) atoms. The van der Waals surface area contributed by atoms with Crippen molar-refractivity contribution in [2.24, 2.45) is 11.1 Å². The number of ether oxygens (including phenoxy) is 3. The molecule has 1 aliphatic heterocycles. The van der Waals surface area contributed by atoms with Crippen molar-refractivity contribution in [3.8, 4) is 11.5 Å². The largest absolute Gasteiger partial charge is 0.492 e. The molecule has 1 aliphatic rings. The molecule has 0 bridgehead atoms. The normalized spacial score (nSPS) is 15.7. The summed E-state index contributed by atoms with van der Waals surface area (Å²) in [6.45, 7) is 9.45. The first-order valence-corrected chi connectivity index (χ1v) is 16.8. The second-order valence-corrected chi connectivity index (χ2v) is 13.4. The lowest BCUT2D eigenvalue weighted by atomic mass is 9.94. The van der Waals surface area contributed by atoms with E-state index in [1.165, 1.54) is 5.56 Å². The number of benzene rings is 3.